The molecule has 0 saturated carbocycles. The zero-order chi connectivity index (χ0) is 28.2. The summed E-state index contributed by atoms with van der Waals surface area (Å²) in [6, 6.07) is 22.7. The van der Waals surface area contributed by atoms with Crippen molar-refractivity contribution in [2.24, 2.45) is 0 Å². The molecule has 0 amide bonds. The molecule has 0 spiro atoms. The number of nitrogens with zero attached hydrogens (tertiary/aromatic N) is 2. The molecule has 2 aromatic heterocycles. The summed E-state index contributed by atoms with van der Waals surface area (Å²) in [4.78, 5) is 9.22. The highest BCUT2D eigenvalue weighted by Crippen LogP contribution is 2.44. The zero-order valence-electron chi connectivity index (χ0n) is 20.1. The molecule has 0 aliphatic heterocycles. The monoisotopic (exact) mass is 598 g/mol. The van der Waals surface area contributed by atoms with Crippen LogP contribution in [0.25, 0.3) is 52.7 Å². The van der Waals surface area contributed by atoms with Gasteiger partial charge in [0.1, 0.15) is 10.0 Å². The van der Waals surface area contributed by atoms with E-state index in [2.05, 4.69) is 14.2 Å². The van der Waals surface area contributed by atoms with Gasteiger partial charge in [0.2, 0.25) is 0 Å². The van der Waals surface area contributed by atoms with Crippen molar-refractivity contribution in [1.82, 2.24) is 9.97 Å². The molecule has 4 aromatic carbocycles. The van der Waals surface area contributed by atoms with Crippen molar-refractivity contribution >= 4 is 64.6 Å². The van der Waals surface area contributed by atoms with Gasteiger partial charge in [-0.1, -0.05) is 24.3 Å². The molecular weight excluding hydrogens is 582 g/mol. The molecule has 0 saturated heterocycles. The maximum absolute atomic E-state index is 13.2. The van der Waals surface area contributed by atoms with E-state index in [1.165, 1.54) is 22.7 Å². The summed E-state index contributed by atoms with van der Waals surface area (Å²) in [5, 5.41) is 1.12. The molecule has 40 heavy (non-hydrogen) atoms. The third-order valence-electron chi connectivity index (χ3n) is 6.05. The van der Waals surface area contributed by atoms with Gasteiger partial charge >= 0.3 is 15.6 Å². The Labute approximate surface area is 233 Å². The Bertz CT molecular complexity index is 1970. The predicted octanol–water partition coefficient (Wildman–Crippen LogP) is 7.30. The number of nitrogens with two attached hydrogens (primary N) is 2. The molecule has 0 fully saturated rings. The lowest BCUT2D eigenvalue weighted by Crippen LogP contribution is -2.28. The number of para-hydroxylation sites is 2. The lowest BCUT2D eigenvalue weighted by molar-refractivity contribution is -0.0499. The number of halogens is 3. The van der Waals surface area contributed by atoms with Crippen LogP contribution in [0.5, 0.6) is 5.75 Å². The highest BCUT2D eigenvalue weighted by molar-refractivity contribution is 7.88. The Morgan fingerprint density at radius 1 is 0.725 bits per heavy atom. The summed E-state index contributed by atoms with van der Waals surface area (Å²) < 4.78 is 70.0. The van der Waals surface area contributed by atoms with E-state index in [0.717, 1.165) is 21.0 Å². The lowest BCUT2D eigenvalue weighted by Gasteiger charge is -2.17. The second kappa shape index (κ2) is 9.47. The van der Waals surface area contributed by atoms with Crippen LogP contribution in [-0.4, -0.2) is 23.9 Å². The van der Waals surface area contributed by atoms with E-state index in [0.29, 0.717) is 32.2 Å². The van der Waals surface area contributed by atoms with Crippen LogP contribution in [0, 0.1) is 0 Å². The molecule has 4 N–H and O–H groups in total. The first-order chi connectivity index (χ1) is 19.0. The Morgan fingerprint density at radius 2 is 1.27 bits per heavy atom. The molecule has 13 heteroatoms. The number of hydrogen-bond acceptors (Lipinski definition) is 9. The number of thiazole rings is 2. The maximum atomic E-state index is 13.2. The first kappa shape index (κ1) is 26.0. The summed E-state index contributed by atoms with van der Waals surface area (Å²) in [7, 11) is -6.01. The first-order valence-corrected chi connectivity index (χ1v) is 14.6. The van der Waals surface area contributed by atoms with Gasteiger partial charge in [0.25, 0.3) is 0 Å². The van der Waals surface area contributed by atoms with Gasteiger partial charge in [0.05, 0.1) is 26.1 Å². The van der Waals surface area contributed by atoms with E-state index in [9.17, 15) is 21.6 Å². The number of aromatic nitrogens is 2. The van der Waals surface area contributed by atoms with Crippen molar-refractivity contribution < 1.29 is 25.8 Å². The minimum Gasteiger partial charge on any atom is -0.398 e. The molecule has 2 heterocycles. The van der Waals surface area contributed by atoms with E-state index in [4.69, 9.17) is 11.5 Å². The predicted molar refractivity (Wildman–Crippen MR) is 154 cm³/mol. The number of benzene rings is 4. The fourth-order valence-electron chi connectivity index (χ4n) is 4.12. The van der Waals surface area contributed by atoms with Crippen molar-refractivity contribution in [3.8, 4) is 38.0 Å². The van der Waals surface area contributed by atoms with Gasteiger partial charge in [-0.15, -0.1) is 22.7 Å². The van der Waals surface area contributed by atoms with Crippen molar-refractivity contribution in [2.45, 2.75) is 5.51 Å². The fourth-order valence-corrected chi connectivity index (χ4v) is 6.50. The number of rotatable bonds is 5. The van der Waals surface area contributed by atoms with Crippen molar-refractivity contribution in [1.29, 1.82) is 0 Å². The SMILES string of the molecule is Nc1ccc(-c2nc3ccccc3s2)cc1-c1cc(-c2nc3ccccc3s2)cc(OS(=O)(=O)C(F)(F)F)c1N. The zero-order valence-corrected chi connectivity index (χ0v) is 22.6. The summed E-state index contributed by atoms with van der Waals surface area (Å²) >= 11 is 2.74. The van der Waals surface area contributed by atoms with Gasteiger partial charge in [-0.05, 0) is 54.6 Å². The van der Waals surface area contributed by atoms with Crippen LogP contribution in [0.15, 0.2) is 78.9 Å². The molecule has 6 aromatic rings. The first-order valence-electron chi connectivity index (χ1n) is 11.6. The smallest absolute Gasteiger partial charge is 0.398 e. The molecule has 0 unspecified atom stereocenters. The summed E-state index contributed by atoms with van der Waals surface area (Å²) in [6.45, 7) is 0. The van der Waals surface area contributed by atoms with E-state index < -0.39 is 21.4 Å². The molecular formula is C27H17F3N4O3S3. The number of fused-ring (bicyclic) bond motifs is 2. The third-order valence-corrected chi connectivity index (χ3v) is 9.19. The Morgan fingerprint density at radius 3 is 1.85 bits per heavy atom. The van der Waals surface area contributed by atoms with Gasteiger partial charge in [-0.25, -0.2) is 9.97 Å². The molecule has 0 aliphatic rings. The molecule has 7 nitrogen and oxygen atoms in total. The van der Waals surface area contributed by atoms with Crippen molar-refractivity contribution in [3.05, 3.63) is 78.9 Å². The quantitative estimate of drug-likeness (QED) is 0.121. The molecule has 0 aliphatic carbocycles. The third kappa shape index (κ3) is 4.61. The van der Waals surface area contributed by atoms with Crippen molar-refractivity contribution in [3.63, 3.8) is 0 Å². The second-order valence-electron chi connectivity index (χ2n) is 8.69. The van der Waals surface area contributed by atoms with E-state index >= 15 is 0 Å². The van der Waals surface area contributed by atoms with Crippen LogP contribution in [0.2, 0.25) is 0 Å². The van der Waals surface area contributed by atoms with Gasteiger partial charge < -0.3 is 15.7 Å². The number of anilines is 2. The standard InChI is InChI=1S/C27H17F3N4O3S3/c28-27(29,30)40(35,36)37-21-13-15(26-34-20-6-2-4-8-23(20)39-26)12-17(24(21)32)16-11-14(9-10-18(16)31)25-33-19-5-1-3-7-22(19)38-25/h1-13H,31-32H2. The Hall–Kier alpha value is -4.20. The van der Waals surface area contributed by atoms with Gasteiger partial charge in [-0.2, -0.15) is 21.6 Å². The fraction of sp³-hybridized carbons (Fsp3) is 0.0370. The normalized spacial score (nSPS) is 12.3. The van der Waals surface area contributed by atoms with Gasteiger partial charge in [-0.3, -0.25) is 0 Å². The Balaban J connectivity index is 1.55. The molecule has 0 bridgehead atoms. The molecule has 0 radical (unpaired) electrons. The van der Waals surface area contributed by atoms with E-state index in [-0.39, 0.29) is 16.9 Å². The number of alkyl halides is 3. The van der Waals surface area contributed by atoms with Crippen LogP contribution >= 0.6 is 22.7 Å². The van der Waals surface area contributed by atoms with E-state index in [1.807, 2.05) is 36.4 Å². The summed E-state index contributed by atoms with van der Waals surface area (Å²) in [5.74, 6) is -0.686. The summed E-state index contributed by atoms with van der Waals surface area (Å²) in [6.07, 6.45) is 0. The van der Waals surface area contributed by atoms with E-state index in [1.54, 1.807) is 36.4 Å². The van der Waals surface area contributed by atoms with Crippen LogP contribution in [-0.2, 0) is 10.1 Å². The average Bonchev–Trinajstić information content (AvgIpc) is 3.54. The highest BCUT2D eigenvalue weighted by Gasteiger charge is 2.49. The van der Waals surface area contributed by atoms with Crippen LogP contribution in [0.4, 0.5) is 24.5 Å². The minimum absolute atomic E-state index is 0.185. The lowest BCUT2D eigenvalue weighted by atomic mass is 9.97. The molecule has 202 valence electrons. The number of hydrogen-bond donors (Lipinski definition) is 2. The van der Waals surface area contributed by atoms with Crippen molar-refractivity contribution in [2.75, 3.05) is 11.5 Å². The molecule has 6 rings (SSSR count). The van der Waals surface area contributed by atoms with Crippen LogP contribution in [0.1, 0.15) is 0 Å². The molecule has 0 atom stereocenters. The number of nitrogen functional groups attached to an aromatic ring is 2. The van der Waals surface area contributed by atoms with Crippen LogP contribution < -0.4 is 15.7 Å². The maximum Gasteiger partial charge on any atom is 0.534 e. The van der Waals surface area contributed by atoms with Crippen LogP contribution in [0.3, 0.4) is 0 Å². The second-order valence-corrected chi connectivity index (χ2v) is 12.3. The summed E-state index contributed by atoms with van der Waals surface area (Å²) in [5.41, 5.74) is 9.90. The topological polar surface area (TPSA) is 121 Å². The average molecular weight is 599 g/mol. The Kier molecular flexibility index (Phi) is 6.16. The largest absolute Gasteiger partial charge is 0.534 e. The van der Waals surface area contributed by atoms with Gasteiger partial charge in [0.15, 0.2) is 5.75 Å². The highest BCUT2D eigenvalue weighted by atomic mass is 32.2. The minimum atomic E-state index is -6.01. The van der Waals surface area contributed by atoms with Gasteiger partial charge in [0, 0.05) is 27.9 Å².